The number of halogens is 1. The molecule has 0 unspecified atom stereocenters. The van der Waals surface area contributed by atoms with Gasteiger partial charge in [-0.15, -0.1) is 0 Å². The number of rotatable bonds is 7. The van der Waals surface area contributed by atoms with E-state index in [1.807, 2.05) is 36.4 Å². The Bertz CT molecular complexity index is 848. The zero-order valence-electron chi connectivity index (χ0n) is 14.2. The highest BCUT2D eigenvalue weighted by Gasteiger charge is 2.10. The van der Waals surface area contributed by atoms with Crippen molar-refractivity contribution < 1.29 is 4.74 Å². The fraction of sp³-hybridized carbons (Fsp3) is 0.350. The summed E-state index contributed by atoms with van der Waals surface area (Å²) in [5, 5.41) is 6.50. The number of anilines is 1. The van der Waals surface area contributed by atoms with Crippen molar-refractivity contribution in [2.75, 3.05) is 19.0 Å². The predicted molar refractivity (Wildman–Crippen MR) is 103 cm³/mol. The maximum absolute atomic E-state index is 6.15. The molecule has 0 atom stereocenters. The first-order valence-corrected chi connectivity index (χ1v) is 8.91. The summed E-state index contributed by atoms with van der Waals surface area (Å²) in [5.74, 6) is 0.839. The lowest BCUT2D eigenvalue weighted by Gasteiger charge is -2.14. The van der Waals surface area contributed by atoms with Gasteiger partial charge in [-0.05, 0) is 42.8 Å². The van der Waals surface area contributed by atoms with Crippen LogP contribution in [-0.4, -0.2) is 18.6 Å². The second kappa shape index (κ2) is 7.71. The van der Waals surface area contributed by atoms with E-state index in [0.29, 0.717) is 5.02 Å². The third-order valence-electron chi connectivity index (χ3n) is 4.28. The molecule has 0 aliphatic carbocycles. The molecule has 126 valence electrons. The average molecular weight is 343 g/mol. The van der Waals surface area contributed by atoms with E-state index >= 15 is 0 Å². The molecular weight excluding hydrogens is 320 g/mol. The van der Waals surface area contributed by atoms with Crippen molar-refractivity contribution in [2.45, 2.75) is 32.6 Å². The van der Waals surface area contributed by atoms with Gasteiger partial charge < -0.3 is 10.1 Å². The van der Waals surface area contributed by atoms with Gasteiger partial charge in [-0.2, -0.15) is 0 Å². The Morgan fingerprint density at radius 1 is 1.00 bits per heavy atom. The van der Waals surface area contributed by atoms with Gasteiger partial charge in [0.25, 0.3) is 0 Å². The third kappa shape index (κ3) is 3.57. The van der Waals surface area contributed by atoms with Crippen LogP contribution >= 0.6 is 11.6 Å². The Labute approximate surface area is 148 Å². The number of hydrogen-bond acceptors (Lipinski definition) is 3. The molecule has 1 heterocycles. The van der Waals surface area contributed by atoms with Gasteiger partial charge in [-0.1, -0.05) is 37.8 Å². The smallest absolute Gasteiger partial charge is 0.119 e. The number of nitrogens with zero attached hydrogens (tertiary/aromatic N) is 1. The van der Waals surface area contributed by atoms with Crippen molar-refractivity contribution in [3.63, 3.8) is 0 Å². The van der Waals surface area contributed by atoms with Crippen LogP contribution in [0.15, 0.2) is 36.4 Å². The Kier molecular flexibility index (Phi) is 5.41. The van der Waals surface area contributed by atoms with E-state index < -0.39 is 0 Å². The lowest BCUT2D eigenvalue weighted by molar-refractivity contribution is 0.415. The molecule has 0 saturated carbocycles. The Morgan fingerprint density at radius 2 is 1.88 bits per heavy atom. The van der Waals surface area contributed by atoms with Crippen LogP contribution in [0.3, 0.4) is 0 Å². The SMILES string of the molecule is CCCCCCNc1c2ccc(Cl)cc2nc2ccc(OC)cc12. The van der Waals surface area contributed by atoms with E-state index in [2.05, 4.69) is 12.2 Å². The Balaban J connectivity index is 2.05. The molecule has 0 amide bonds. The van der Waals surface area contributed by atoms with Crippen molar-refractivity contribution in [1.82, 2.24) is 4.98 Å². The summed E-state index contributed by atoms with van der Waals surface area (Å²) in [6, 6.07) is 11.9. The van der Waals surface area contributed by atoms with E-state index in [1.54, 1.807) is 7.11 Å². The van der Waals surface area contributed by atoms with Crippen molar-refractivity contribution >= 4 is 39.1 Å². The second-order valence-electron chi connectivity index (χ2n) is 6.02. The fourth-order valence-corrected chi connectivity index (χ4v) is 3.15. The molecule has 0 radical (unpaired) electrons. The zero-order chi connectivity index (χ0) is 16.9. The lowest BCUT2D eigenvalue weighted by atomic mass is 10.1. The first-order chi connectivity index (χ1) is 11.7. The molecular formula is C20H23ClN2O. The van der Waals surface area contributed by atoms with E-state index in [-0.39, 0.29) is 0 Å². The summed E-state index contributed by atoms with van der Waals surface area (Å²) in [6.45, 7) is 3.18. The predicted octanol–water partition coefficient (Wildman–Crippen LogP) is 6.04. The highest BCUT2D eigenvalue weighted by Crippen LogP contribution is 2.34. The van der Waals surface area contributed by atoms with Gasteiger partial charge in [-0.25, -0.2) is 4.98 Å². The average Bonchev–Trinajstić information content (AvgIpc) is 2.60. The van der Waals surface area contributed by atoms with Crippen LogP contribution in [0, 0.1) is 0 Å². The van der Waals surface area contributed by atoms with E-state index in [1.165, 1.54) is 19.3 Å². The van der Waals surface area contributed by atoms with Crippen LogP contribution < -0.4 is 10.1 Å². The minimum absolute atomic E-state index is 0.705. The molecule has 1 aromatic heterocycles. The molecule has 0 spiro atoms. The van der Waals surface area contributed by atoms with Gasteiger partial charge in [-0.3, -0.25) is 0 Å². The number of ether oxygens (including phenoxy) is 1. The number of benzene rings is 2. The summed E-state index contributed by atoms with van der Waals surface area (Å²) in [7, 11) is 1.69. The molecule has 0 bridgehead atoms. The fourth-order valence-electron chi connectivity index (χ4n) is 2.98. The zero-order valence-corrected chi connectivity index (χ0v) is 15.0. The summed E-state index contributed by atoms with van der Waals surface area (Å²) in [5.41, 5.74) is 2.97. The van der Waals surface area contributed by atoms with Gasteiger partial charge in [0.05, 0.1) is 23.8 Å². The first-order valence-electron chi connectivity index (χ1n) is 8.54. The van der Waals surface area contributed by atoms with Crippen LogP contribution in [0.25, 0.3) is 21.8 Å². The molecule has 4 heteroatoms. The largest absolute Gasteiger partial charge is 0.497 e. The van der Waals surface area contributed by atoms with Crippen molar-refractivity contribution in [2.24, 2.45) is 0 Å². The lowest BCUT2D eigenvalue weighted by Crippen LogP contribution is -2.03. The highest BCUT2D eigenvalue weighted by molar-refractivity contribution is 6.31. The Morgan fingerprint density at radius 3 is 2.67 bits per heavy atom. The normalized spacial score (nSPS) is 11.1. The van der Waals surface area contributed by atoms with Gasteiger partial charge in [0.1, 0.15) is 5.75 Å². The van der Waals surface area contributed by atoms with Gasteiger partial charge >= 0.3 is 0 Å². The molecule has 0 aliphatic heterocycles. The van der Waals surface area contributed by atoms with Crippen LogP contribution in [0.1, 0.15) is 32.6 Å². The molecule has 24 heavy (non-hydrogen) atoms. The molecule has 3 aromatic rings. The number of hydrogen-bond donors (Lipinski definition) is 1. The van der Waals surface area contributed by atoms with Gasteiger partial charge in [0.2, 0.25) is 0 Å². The maximum Gasteiger partial charge on any atom is 0.119 e. The van der Waals surface area contributed by atoms with Crippen LogP contribution in [0.2, 0.25) is 5.02 Å². The minimum atomic E-state index is 0.705. The molecule has 3 rings (SSSR count). The van der Waals surface area contributed by atoms with Crippen molar-refractivity contribution in [3.8, 4) is 5.75 Å². The van der Waals surface area contributed by atoms with E-state index in [9.17, 15) is 0 Å². The van der Waals surface area contributed by atoms with Crippen LogP contribution in [-0.2, 0) is 0 Å². The van der Waals surface area contributed by atoms with Crippen LogP contribution in [0.4, 0.5) is 5.69 Å². The molecule has 0 saturated heterocycles. The van der Waals surface area contributed by atoms with Crippen molar-refractivity contribution in [1.29, 1.82) is 0 Å². The number of aromatic nitrogens is 1. The molecule has 3 nitrogen and oxygen atoms in total. The summed E-state index contributed by atoms with van der Waals surface area (Å²) < 4.78 is 5.39. The topological polar surface area (TPSA) is 34.2 Å². The molecule has 2 aromatic carbocycles. The second-order valence-corrected chi connectivity index (χ2v) is 6.46. The highest BCUT2D eigenvalue weighted by atomic mass is 35.5. The standard InChI is InChI=1S/C20H23ClN2O/c1-3-4-5-6-11-22-20-16-9-7-14(21)12-19(16)23-18-10-8-15(24-2)13-17(18)20/h7-10,12-13H,3-6,11H2,1-2H3,(H,22,23). The number of fused-ring (bicyclic) bond motifs is 2. The van der Waals surface area contributed by atoms with E-state index in [0.717, 1.165) is 46.2 Å². The molecule has 0 aliphatic rings. The summed E-state index contributed by atoms with van der Waals surface area (Å²) >= 11 is 6.15. The summed E-state index contributed by atoms with van der Waals surface area (Å²) in [6.07, 6.45) is 4.94. The van der Waals surface area contributed by atoms with Crippen molar-refractivity contribution in [3.05, 3.63) is 41.4 Å². The maximum atomic E-state index is 6.15. The van der Waals surface area contributed by atoms with Crippen LogP contribution in [0.5, 0.6) is 5.75 Å². The third-order valence-corrected chi connectivity index (χ3v) is 4.51. The molecule has 1 N–H and O–H groups in total. The summed E-state index contributed by atoms with van der Waals surface area (Å²) in [4.78, 5) is 4.75. The van der Waals surface area contributed by atoms with Gasteiger partial charge in [0.15, 0.2) is 0 Å². The van der Waals surface area contributed by atoms with Gasteiger partial charge in [0, 0.05) is 22.3 Å². The first kappa shape index (κ1) is 16.8. The number of methoxy groups -OCH3 is 1. The number of nitrogens with one attached hydrogen (secondary N) is 1. The number of pyridine rings is 1. The monoisotopic (exact) mass is 342 g/mol. The van der Waals surface area contributed by atoms with E-state index in [4.69, 9.17) is 21.3 Å². The molecule has 0 fully saturated rings. The quantitative estimate of drug-likeness (QED) is 0.419. The minimum Gasteiger partial charge on any atom is -0.497 e. The Hall–Kier alpha value is -2.00. The number of unbranched alkanes of at least 4 members (excludes halogenated alkanes) is 3.